The highest BCUT2D eigenvalue weighted by Crippen LogP contribution is 2.16. The lowest BCUT2D eigenvalue weighted by molar-refractivity contribution is -0.140. The van der Waals surface area contributed by atoms with Gasteiger partial charge in [-0.05, 0) is 19.3 Å². The van der Waals surface area contributed by atoms with Crippen molar-refractivity contribution in [2.24, 2.45) is 4.99 Å². The van der Waals surface area contributed by atoms with Gasteiger partial charge in [-0.25, -0.2) is 4.79 Å². The molecule has 0 fully saturated rings. The van der Waals surface area contributed by atoms with Crippen molar-refractivity contribution in [3.63, 3.8) is 0 Å². The van der Waals surface area contributed by atoms with Gasteiger partial charge in [-0.15, -0.1) is 0 Å². The number of ether oxygens (including phenoxy) is 1. The van der Waals surface area contributed by atoms with Crippen LogP contribution in [0.25, 0.3) is 0 Å². The summed E-state index contributed by atoms with van der Waals surface area (Å²) >= 11 is 1.51. The Balaban J connectivity index is 2.28. The molecule has 0 aromatic rings. The number of thioether (sulfide) groups is 1. The summed E-state index contributed by atoms with van der Waals surface area (Å²) in [5, 5.41) is 0.564. The maximum atomic E-state index is 11.7. The van der Waals surface area contributed by atoms with Gasteiger partial charge in [0.1, 0.15) is 6.10 Å². The van der Waals surface area contributed by atoms with Gasteiger partial charge in [0.25, 0.3) is 0 Å². The largest absolute Gasteiger partial charge is 0.457 e. The van der Waals surface area contributed by atoms with Crippen molar-refractivity contribution in [1.82, 2.24) is 0 Å². The zero-order valence-corrected chi connectivity index (χ0v) is 11.0. The summed E-state index contributed by atoms with van der Waals surface area (Å²) in [6.45, 7) is 4.99. The summed E-state index contributed by atoms with van der Waals surface area (Å²) in [5.41, 5.74) is 0. The van der Waals surface area contributed by atoms with Crippen LogP contribution in [0.4, 0.5) is 0 Å². The Hall–Kier alpha value is -0.510. The topological polar surface area (TPSA) is 38.7 Å². The van der Waals surface area contributed by atoms with E-state index in [1.165, 1.54) is 24.6 Å². The number of esters is 1. The Morgan fingerprint density at radius 2 is 2.31 bits per heavy atom. The van der Waals surface area contributed by atoms with Gasteiger partial charge in [-0.3, -0.25) is 4.99 Å². The van der Waals surface area contributed by atoms with Crippen LogP contribution in [0.1, 0.15) is 46.0 Å². The Bertz CT molecular complexity index is 253. The van der Waals surface area contributed by atoms with Gasteiger partial charge in [-0.2, -0.15) is 0 Å². The van der Waals surface area contributed by atoms with Gasteiger partial charge in [0, 0.05) is 12.3 Å². The number of rotatable bonds is 7. The van der Waals surface area contributed by atoms with E-state index < -0.39 is 0 Å². The third-order valence-corrected chi connectivity index (χ3v) is 3.57. The molecular weight excluding hydrogens is 222 g/mol. The van der Waals surface area contributed by atoms with Crippen LogP contribution in [0.3, 0.4) is 0 Å². The molecule has 1 aliphatic rings. The molecule has 1 atom stereocenters. The molecule has 92 valence electrons. The Morgan fingerprint density at radius 1 is 1.50 bits per heavy atom. The number of hydrogen-bond acceptors (Lipinski definition) is 4. The van der Waals surface area contributed by atoms with Crippen molar-refractivity contribution in [3.8, 4) is 0 Å². The number of carbonyl (C=O) groups excluding carboxylic acids is 1. The Morgan fingerprint density at radius 3 is 2.88 bits per heavy atom. The lowest BCUT2D eigenvalue weighted by Gasteiger charge is -2.15. The van der Waals surface area contributed by atoms with E-state index in [1.54, 1.807) is 0 Å². The number of nitrogens with zero attached hydrogens (tertiary/aromatic N) is 1. The van der Waals surface area contributed by atoms with Gasteiger partial charge < -0.3 is 4.74 Å². The monoisotopic (exact) mass is 243 g/mol. The maximum absolute atomic E-state index is 11.7. The normalized spacial score (nSPS) is 17.0. The zero-order valence-electron chi connectivity index (χ0n) is 10.2. The highest BCUT2D eigenvalue weighted by molar-refractivity contribution is 8.16. The summed E-state index contributed by atoms with van der Waals surface area (Å²) in [4.78, 5) is 15.8. The Kier molecular flexibility index (Phi) is 6.53. The highest BCUT2D eigenvalue weighted by atomic mass is 32.2. The standard InChI is InChI=1S/C12H21NO2S/c1-3-5-6-7-10(4-2)15-12(14)11-13-8-9-16-11/h10H,3-9H2,1-2H3. The van der Waals surface area contributed by atoms with Crippen LogP contribution in [0, 0.1) is 0 Å². The predicted octanol–water partition coefficient (Wildman–Crippen LogP) is 3.03. The average molecular weight is 243 g/mol. The van der Waals surface area contributed by atoms with Crippen molar-refractivity contribution >= 4 is 22.8 Å². The van der Waals surface area contributed by atoms with Crippen LogP contribution < -0.4 is 0 Å². The molecule has 0 saturated heterocycles. The summed E-state index contributed by atoms with van der Waals surface area (Å²) in [5.74, 6) is 0.697. The van der Waals surface area contributed by atoms with Crippen LogP contribution in [0.15, 0.2) is 4.99 Å². The minimum atomic E-state index is -0.217. The average Bonchev–Trinajstić information content (AvgIpc) is 2.81. The molecule has 1 rings (SSSR count). The number of carbonyl (C=O) groups is 1. The minimum Gasteiger partial charge on any atom is -0.457 e. The molecule has 16 heavy (non-hydrogen) atoms. The molecule has 0 aromatic heterocycles. The van der Waals surface area contributed by atoms with Crippen molar-refractivity contribution < 1.29 is 9.53 Å². The summed E-state index contributed by atoms with van der Waals surface area (Å²) in [7, 11) is 0. The molecule has 4 heteroatoms. The van der Waals surface area contributed by atoms with Crippen LogP contribution in [-0.2, 0) is 9.53 Å². The first-order chi connectivity index (χ1) is 7.77. The van der Waals surface area contributed by atoms with Crippen LogP contribution in [0.5, 0.6) is 0 Å². The van der Waals surface area contributed by atoms with Gasteiger partial charge in [0.15, 0.2) is 5.04 Å². The first kappa shape index (κ1) is 13.6. The molecule has 0 aromatic carbocycles. The van der Waals surface area contributed by atoms with E-state index in [1.807, 2.05) is 0 Å². The van der Waals surface area contributed by atoms with Gasteiger partial charge in [-0.1, -0.05) is 38.5 Å². The summed E-state index contributed by atoms with van der Waals surface area (Å²) < 4.78 is 5.44. The molecule has 0 radical (unpaired) electrons. The molecule has 1 heterocycles. The van der Waals surface area contributed by atoms with E-state index in [2.05, 4.69) is 18.8 Å². The third kappa shape index (κ3) is 4.56. The van der Waals surface area contributed by atoms with Crippen LogP contribution >= 0.6 is 11.8 Å². The van der Waals surface area contributed by atoms with Crippen LogP contribution in [-0.4, -0.2) is 29.4 Å². The fraction of sp³-hybridized carbons (Fsp3) is 0.833. The fourth-order valence-corrected chi connectivity index (χ4v) is 2.35. The van der Waals surface area contributed by atoms with Crippen molar-refractivity contribution in [2.45, 2.75) is 52.1 Å². The first-order valence-electron chi connectivity index (χ1n) is 6.16. The molecule has 0 aliphatic carbocycles. The van der Waals surface area contributed by atoms with Crippen LogP contribution in [0.2, 0.25) is 0 Å². The molecule has 1 unspecified atom stereocenters. The molecule has 0 spiro atoms. The third-order valence-electron chi connectivity index (χ3n) is 2.62. The molecule has 0 bridgehead atoms. The second-order valence-electron chi connectivity index (χ2n) is 3.97. The fourth-order valence-electron chi connectivity index (χ4n) is 1.63. The van der Waals surface area contributed by atoms with E-state index in [0.717, 1.165) is 31.6 Å². The van der Waals surface area contributed by atoms with Crippen molar-refractivity contribution in [3.05, 3.63) is 0 Å². The lowest BCUT2D eigenvalue weighted by atomic mass is 10.1. The van der Waals surface area contributed by atoms with Crippen molar-refractivity contribution in [1.29, 1.82) is 0 Å². The zero-order chi connectivity index (χ0) is 11.8. The summed E-state index contributed by atoms with van der Waals surface area (Å²) in [6.07, 6.45) is 5.50. The van der Waals surface area contributed by atoms with E-state index >= 15 is 0 Å². The quantitative estimate of drug-likeness (QED) is 0.509. The molecule has 0 saturated carbocycles. The molecule has 0 N–H and O–H groups in total. The van der Waals surface area contributed by atoms with E-state index in [9.17, 15) is 4.79 Å². The second-order valence-corrected chi connectivity index (χ2v) is 5.05. The molecular formula is C12H21NO2S. The lowest BCUT2D eigenvalue weighted by Crippen LogP contribution is -2.21. The van der Waals surface area contributed by atoms with Gasteiger partial charge >= 0.3 is 5.97 Å². The van der Waals surface area contributed by atoms with Crippen molar-refractivity contribution in [2.75, 3.05) is 12.3 Å². The SMILES string of the molecule is CCCCCC(CC)OC(=O)C1=NCCS1. The maximum Gasteiger partial charge on any atom is 0.363 e. The number of unbranched alkanes of at least 4 members (excludes halogenated alkanes) is 2. The minimum absolute atomic E-state index is 0.0722. The number of aliphatic imine (C=N–C) groups is 1. The molecule has 1 aliphatic heterocycles. The van der Waals surface area contributed by atoms with Gasteiger partial charge in [0.05, 0.1) is 0 Å². The van der Waals surface area contributed by atoms with E-state index in [4.69, 9.17) is 4.74 Å². The van der Waals surface area contributed by atoms with Gasteiger partial charge in [0.2, 0.25) is 0 Å². The first-order valence-corrected chi connectivity index (χ1v) is 7.14. The Labute approximate surface area is 102 Å². The molecule has 3 nitrogen and oxygen atoms in total. The number of hydrogen-bond donors (Lipinski definition) is 0. The van der Waals surface area contributed by atoms with E-state index in [0.29, 0.717) is 5.04 Å². The predicted molar refractivity (Wildman–Crippen MR) is 69.1 cm³/mol. The summed E-state index contributed by atoms with van der Waals surface area (Å²) in [6, 6.07) is 0. The highest BCUT2D eigenvalue weighted by Gasteiger charge is 2.20. The van der Waals surface area contributed by atoms with E-state index in [-0.39, 0.29) is 12.1 Å². The smallest absolute Gasteiger partial charge is 0.363 e. The molecule has 0 amide bonds. The second kappa shape index (κ2) is 7.71.